The van der Waals surface area contributed by atoms with Crippen molar-refractivity contribution in [2.75, 3.05) is 18.0 Å². The molecule has 6 nitrogen and oxygen atoms in total. The number of nitrogens with zero attached hydrogens (tertiary/aromatic N) is 4. The number of Topliss-reactive ketones (excluding diaryl/α,β-unsaturated/α-hetero) is 1. The van der Waals surface area contributed by atoms with Crippen molar-refractivity contribution in [3.8, 4) is 5.69 Å². The van der Waals surface area contributed by atoms with Crippen molar-refractivity contribution in [2.24, 2.45) is 0 Å². The molecular formula is C30H32N4O2. The number of carbonyl (C=O) groups is 1. The summed E-state index contributed by atoms with van der Waals surface area (Å²) in [4.78, 5) is 20.1. The monoisotopic (exact) mass is 480 g/mol. The summed E-state index contributed by atoms with van der Waals surface area (Å²) in [6.45, 7) is 3.58. The first-order chi connectivity index (χ1) is 17.6. The van der Waals surface area contributed by atoms with Crippen LogP contribution in [0.1, 0.15) is 53.4 Å². The van der Waals surface area contributed by atoms with Crippen molar-refractivity contribution >= 4 is 11.6 Å². The molecule has 5 rings (SSSR count). The second kappa shape index (κ2) is 10.5. The van der Waals surface area contributed by atoms with E-state index in [1.807, 2.05) is 77.5 Å². The average molecular weight is 481 g/mol. The number of hydrogen-bond acceptors (Lipinski definition) is 5. The van der Waals surface area contributed by atoms with Gasteiger partial charge in [0.25, 0.3) is 0 Å². The van der Waals surface area contributed by atoms with Crippen LogP contribution in [0.3, 0.4) is 0 Å². The SMILES string of the molecule is CCCc1c(C(=O)Cc2ccc(N3CCC(O)(c4ccccc4)CC3)nc2)cnn1-c1ccccc1. The first-order valence-electron chi connectivity index (χ1n) is 12.7. The number of piperidine rings is 1. The highest BCUT2D eigenvalue weighted by Gasteiger charge is 2.34. The first kappa shape index (κ1) is 23.9. The van der Waals surface area contributed by atoms with E-state index in [1.165, 1.54) is 0 Å². The summed E-state index contributed by atoms with van der Waals surface area (Å²) in [5.41, 5.74) is 3.68. The standard InChI is InChI=1S/C30H32N4O2/c1-2-9-27-26(22-32-34(27)25-12-7-4-8-13-25)28(35)20-23-14-15-29(31-21-23)33-18-16-30(36,17-19-33)24-10-5-3-6-11-24/h3-8,10-15,21-22,36H,2,9,16-20H2,1H3. The van der Waals surface area contributed by atoms with Crippen molar-refractivity contribution in [2.45, 2.75) is 44.6 Å². The molecule has 36 heavy (non-hydrogen) atoms. The molecule has 3 heterocycles. The van der Waals surface area contributed by atoms with Gasteiger partial charge in [0.2, 0.25) is 0 Å². The van der Waals surface area contributed by atoms with Gasteiger partial charge in [0, 0.05) is 25.7 Å². The molecule has 1 saturated heterocycles. The van der Waals surface area contributed by atoms with E-state index in [0.717, 1.165) is 54.3 Å². The first-order valence-corrected chi connectivity index (χ1v) is 12.7. The summed E-state index contributed by atoms with van der Waals surface area (Å²) in [6, 6.07) is 23.8. The van der Waals surface area contributed by atoms with Gasteiger partial charge in [0.1, 0.15) is 5.82 Å². The third-order valence-corrected chi connectivity index (χ3v) is 7.06. The van der Waals surface area contributed by atoms with Crippen LogP contribution in [0, 0.1) is 0 Å². The Morgan fingerprint density at radius 1 is 0.944 bits per heavy atom. The van der Waals surface area contributed by atoms with Gasteiger partial charge < -0.3 is 10.0 Å². The number of carbonyl (C=O) groups excluding carboxylic acids is 1. The molecule has 1 N–H and O–H groups in total. The Balaban J connectivity index is 1.25. The number of aromatic nitrogens is 3. The molecule has 0 amide bonds. The fraction of sp³-hybridized carbons (Fsp3) is 0.300. The highest BCUT2D eigenvalue weighted by Crippen LogP contribution is 2.34. The third kappa shape index (κ3) is 4.95. The van der Waals surface area contributed by atoms with Gasteiger partial charge >= 0.3 is 0 Å². The molecule has 0 bridgehead atoms. The Kier molecular flexibility index (Phi) is 6.96. The third-order valence-electron chi connectivity index (χ3n) is 7.06. The van der Waals surface area contributed by atoms with Crippen molar-refractivity contribution in [3.05, 3.63) is 108 Å². The van der Waals surface area contributed by atoms with E-state index in [2.05, 4.69) is 21.9 Å². The van der Waals surface area contributed by atoms with Gasteiger partial charge in [-0.25, -0.2) is 9.67 Å². The second-order valence-corrected chi connectivity index (χ2v) is 9.51. The minimum atomic E-state index is -0.787. The zero-order chi connectivity index (χ0) is 25.0. The molecule has 4 aromatic rings. The largest absolute Gasteiger partial charge is 0.385 e. The molecule has 184 valence electrons. The van der Waals surface area contributed by atoms with Crippen LogP contribution in [-0.4, -0.2) is 38.7 Å². The molecule has 0 spiro atoms. The van der Waals surface area contributed by atoms with Crippen molar-refractivity contribution in [1.82, 2.24) is 14.8 Å². The lowest BCUT2D eigenvalue weighted by Crippen LogP contribution is -2.42. The summed E-state index contributed by atoms with van der Waals surface area (Å²) in [5.74, 6) is 0.936. The summed E-state index contributed by atoms with van der Waals surface area (Å²) < 4.78 is 1.88. The minimum absolute atomic E-state index is 0.0566. The van der Waals surface area contributed by atoms with Crippen LogP contribution in [0.4, 0.5) is 5.82 Å². The van der Waals surface area contributed by atoms with Crippen molar-refractivity contribution in [3.63, 3.8) is 0 Å². The van der Waals surface area contributed by atoms with E-state index < -0.39 is 5.60 Å². The van der Waals surface area contributed by atoms with Crippen molar-refractivity contribution in [1.29, 1.82) is 0 Å². The summed E-state index contributed by atoms with van der Waals surface area (Å²) in [7, 11) is 0. The molecule has 6 heteroatoms. The number of para-hydroxylation sites is 1. The van der Waals surface area contributed by atoms with Crippen LogP contribution in [0.15, 0.2) is 85.2 Å². The molecule has 0 radical (unpaired) electrons. The van der Waals surface area contributed by atoms with Crippen LogP contribution in [-0.2, 0) is 18.4 Å². The van der Waals surface area contributed by atoms with Crippen LogP contribution < -0.4 is 4.90 Å². The predicted molar refractivity (Wildman–Crippen MR) is 142 cm³/mol. The highest BCUT2D eigenvalue weighted by atomic mass is 16.3. The Hall–Kier alpha value is -3.77. The van der Waals surface area contributed by atoms with Gasteiger partial charge in [-0.3, -0.25) is 4.79 Å². The lowest BCUT2D eigenvalue weighted by molar-refractivity contribution is 0.0116. The van der Waals surface area contributed by atoms with E-state index in [0.29, 0.717) is 18.4 Å². The van der Waals surface area contributed by atoms with E-state index in [4.69, 9.17) is 0 Å². The molecule has 1 fully saturated rings. The molecular weight excluding hydrogens is 448 g/mol. The van der Waals surface area contributed by atoms with Crippen LogP contribution in [0.25, 0.3) is 5.69 Å². The fourth-order valence-electron chi connectivity index (χ4n) is 5.01. The molecule has 0 aliphatic carbocycles. The molecule has 0 atom stereocenters. The Morgan fingerprint density at radius 3 is 2.28 bits per heavy atom. The van der Waals surface area contributed by atoms with Crippen LogP contribution in [0.5, 0.6) is 0 Å². The second-order valence-electron chi connectivity index (χ2n) is 9.51. The summed E-state index contributed by atoms with van der Waals surface area (Å²) in [6.07, 6.45) is 6.82. The maximum atomic E-state index is 13.2. The molecule has 1 aliphatic rings. The number of benzene rings is 2. The van der Waals surface area contributed by atoms with Gasteiger partial charge in [0.15, 0.2) is 5.78 Å². The number of anilines is 1. The normalized spacial score (nSPS) is 15.1. The smallest absolute Gasteiger partial charge is 0.170 e. The number of pyridine rings is 1. The lowest BCUT2D eigenvalue weighted by Gasteiger charge is -2.39. The van der Waals surface area contributed by atoms with Crippen LogP contribution in [0.2, 0.25) is 0 Å². The van der Waals surface area contributed by atoms with Gasteiger partial charge in [-0.05, 0) is 48.6 Å². The predicted octanol–water partition coefficient (Wildman–Crippen LogP) is 5.13. The highest BCUT2D eigenvalue weighted by molar-refractivity contribution is 5.98. The zero-order valence-corrected chi connectivity index (χ0v) is 20.7. The number of ketones is 1. The number of aliphatic hydroxyl groups is 1. The molecule has 0 saturated carbocycles. The van der Waals surface area contributed by atoms with E-state index in [9.17, 15) is 9.90 Å². The number of hydrogen-bond donors (Lipinski definition) is 1. The maximum Gasteiger partial charge on any atom is 0.170 e. The molecule has 1 aliphatic heterocycles. The van der Waals surface area contributed by atoms with E-state index >= 15 is 0 Å². The quantitative estimate of drug-likeness (QED) is 0.354. The fourth-order valence-corrected chi connectivity index (χ4v) is 5.01. The van der Waals surface area contributed by atoms with Gasteiger partial charge in [-0.15, -0.1) is 0 Å². The van der Waals surface area contributed by atoms with E-state index in [-0.39, 0.29) is 12.2 Å². The summed E-state index contributed by atoms with van der Waals surface area (Å²) in [5, 5.41) is 15.6. The van der Waals surface area contributed by atoms with Gasteiger partial charge in [-0.1, -0.05) is 67.9 Å². The Morgan fingerprint density at radius 2 is 1.64 bits per heavy atom. The average Bonchev–Trinajstić information content (AvgIpc) is 3.35. The maximum absolute atomic E-state index is 13.2. The van der Waals surface area contributed by atoms with Gasteiger partial charge in [0.05, 0.1) is 28.7 Å². The van der Waals surface area contributed by atoms with Gasteiger partial charge in [-0.2, -0.15) is 5.10 Å². The van der Waals surface area contributed by atoms with Crippen LogP contribution >= 0.6 is 0 Å². The molecule has 2 aromatic heterocycles. The number of rotatable bonds is 8. The zero-order valence-electron chi connectivity index (χ0n) is 20.7. The van der Waals surface area contributed by atoms with E-state index in [1.54, 1.807) is 12.4 Å². The minimum Gasteiger partial charge on any atom is -0.385 e. The Labute approximate surface area is 212 Å². The lowest BCUT2D eigenvalue weighted by atomic mass is 9.84. The van der Waals surface area contributed by atoms with Crippen molar-refractivity contribution < 1.29 is 9.90 Å². The summed E-state index contributed by atoms with van der Waals surface area (Å²) >= 11 is 0. The molecule has 0 unspecified atom stereocenters. The molecule has 2 aromatic carbocycles. The topological polar surface area (TPSA) is 71.2 Å². The Bertz CT molecular complexity index is 1290.